The van der Waals surface area contributed by atoms with Crippen LogP contribution in [0.15, 0.2) is 24.3 Å². The number of nitrogens with two attached hydrogens (primary N) is 1. The highest BCUT2D eigenvalue weighted by Crippen LogP contribution is 2.23. The second kappa shape index (κ2) is 5.01. The number of ether oxygens (including phenoxy) is 1. The Morgan fingerprint density at radius 1 is 1.29 bits per heavy atom. The van der Waals surface area contributed by atoms with Crippen molar-refractivity contribution in [3.63, 3.8) is 0 Å². The molecule has 0 bridgehead atoms. The van der Waals surface area contributed by atoms with E-state index in [2.05, 4.69) is 13.8 Å². The molecular formula is C12H19NO. The standard InChI is InChI=1S/C12H19NO/c1-4-9(2)12(13)10-5-7-11(14-3)8-6-10/h5-9,12H,4,13H2,1-3H3/t9?,12-/m0/s1. The van der Waals surface area contributed by atoms with Gasteiger partial charge in [-0.05, 0) is 23.6 Å². The van der Waals surface area contributed by atoms with E-state index in [0.29, 0.717) is 5.92 Å². The minimum atomic E-state index is 0.130. The quantitative estimate of drug-likeness (QED) is 0.798. The number of rotatable bonds is 4. The Kier molecular flexibility index (Phi) is 3.96. The zero-order valence-electron chi connectivity index (χ0n) is 9.16. The van der Waals surface area contributed by atoms with Crippen molar-refractivity contribution >= 4 is 0 Å². The van der Waals surface area contributed by atoms with Crippen molar-refractivity contribution in [2.24, 2.45) is 11.7 Å². The summed E-state index contributed by atoms with van der Waals surface area (Å²) in [4.78, 5) is 0. The maximum Gasteiger partial charge on any atom is 0.118 e. The lowest BCUT2D eigenvalue weighted by Crippen LogP contribution is -2.18. The van der Waals surface area contributed by atoms with Gasteiger partial charge >= 0.3 is 0 Å². The number of benzene rings is 1. The van der Waals surface area contributed by atoms with Gasteiger partial charge in [0.2, 0.25) is 0 Å². The van der Waals surface area contributed by atoms with Gasteiger partial charge in [0, 0.05) is 6.04 Å². The highest BCUT2D eigenvalue weighted by molar-refractivity contribution is 5.29. The van der Waals surface area contributed by atoms with E-state index in [0.717, 1.165) is 12.2 Å². The summed E-state index contributed by atoms with van der Waals surface area (Å²) < 4.78 is 5.09. The molecule has 1 aromatic carbocycles. The molecule has 0 spiro atoms. The summed E-state index contributed by atoms with van der Waals surface area (Å²) in [6.07, 6.45) is 1.10. The van der Waals surface area contributed by atoms with Crippen molar-refractivity contribution < 1.29 is 4.74 Å². The van der Waals surface area contributed by atoms with Gasteiger partial charge in [-0.25, -0.2) is 0 Å². The van der Waals surface area contributed by atoms with Crippen molar-refractivity contribution in [2.45, 2.75) is 26.3 Å². The van der Waals surface area contributed by atoms with Crippen molar-refractivity contribution in [1.29, 1.82) is 0 Å². The molecule has 0 radical (unpaired) electrons. The highest BCUT2D eigenvalue weighted by atomic mass is 16.5. The average Bonchev–Trinajstić information content (AvgIpc) is 2.27. The van der Waals surface area contributed by atoms with E-state index in [4.69, 9.17) is 10.5 Å². The van der Waals surface area contributed by atoms with Crippen LogP contribution in [0.4, 0.5) is 0 Å². The van der Waals surface area contributed by atoms with Gasteiger partial charge in [0.05, 0.1) is 7.11 Å². The average molecular weight is 193 g/mol. The Morgan fingerprint density at radius 3 is 2.29 bits per heavy atom. The second-order valence-corrected chi connectivity index (χ2v) is 3.68. The van der Waals surface area contributed by atoms with E-state index in [1.54, 1.807) is 7.11 Å². The van der Waals surface area contributed by atoms with E-state index in [-0.39, 0.29) is 6.04 Å². The predicted molar refractivity (Wildman–Crippen MR) is 59.4 cm³/mol. The van der Waals surface area contributed by atoms with Gasteiger partial charge in [-0.3, -0.25) is 0 Å². The number of hydrogen-bond acceptors (Lipinski definition) is 2. The van der Waals surface area contributed by atoms with Crippen molar-refractivity contribution in [3.8, 4) is 5.75 Å². The van der Waals surface area contributed by atoms with Gasteiger partial charge in [0.25, 0.3) is 0 Å². The summed E-state index contributed by atoms with van der Waals surface area (Å²) in [5.74, 6) is 1.40. The van der Waals surface area contributed by atoms with Gasteiger partial charge in [0.1, 0.15) is 5.75 Å². The molecule has 0 fully saturated rings. The van der Waals surface area contributed by atoms with Crippen LogP contribution in [-0.4, -0.2) is 7.11 Å². The van der Waals surface area contributed by atoms with Gasteiger partial charge in [0.15, 0.2) is 0 Å². The molecule has 0 aliphatic heterocycles. The Labute approximate surface area is 86.1 Å². The molecule has 0 amide bonds. The molecule has 2 atom stereocenters. The fraction of sp³-hybridized carbons (Fsp3) is 0.500. The summed E-state index contributed by atoms with van der Waals surface area (Å²) in [5, 5.41) is 0. The molecule has 0 aromatic heterocycles. The lowest BCUT2D eigenvalue weighted by Gasteiger charge is -2.18. The third-order valence-electron chi connectivity index (χ3n) is 2.76. The first-order valence-electron chi connectivity index (χ1n) is 5.08. The van der Waals surface area contributed by atoms with Gasteiger partial charge in [-0.15, -0.1) is 0 Å². The largest absolute Gasteiger partial charge is 0.497 e. The third-order valence-corrected chi connectivity index (χ3v) is 2.76. The summed E-state index contributed by atoms with van der Waals surface area (Å²) in [6, 6.07) is 8.12. The number of hydrogen-bond donors (Lipinski definition) is 1. The monoisotopic (exact) mass is 193 g/mol. The molecule has 0 saturated heterocycles. The maximum atomic E-state index is 6.10. The Bertz CT molecular complexity index is 268. The lowest BCUT2D eigenvalue weighted by molar-refractivity contribution is 0.413. The van der Waals surface area contributed by atoms with E-state index < -0.39 is 0 Å². The molecule has 78 valence electrons. The maximum absolute atomic E-state index is 6.10. The first-order chi connectivity index (χ1) is 6.69. The zero-order chi connectivity index (χ0) is 10.6. The second-order valence-electron chi connectivity index (χ2n) is 3.68. The van der Waals surface area contributed by atoms with Crippen LogP contribution in [0.25, 0.3) is 0 Å². The zero-order valence-corrected chi connectivity index (χ0v) is 9.16. The van der Waals surface area contributed by atoms with Crippen molar-refractivity contribution in [3.05, 3.63) is 29.8 Å². The number of methoxy groups -OCH3 is 1. The van der Waals surface area contributed by atoms with Gasteiger partial charge in [-0.1, -0.05) is 32.4 Å². The molecule has 0 aliphatic rings. The summed E-state index contributed by atoms with van der Waals surface area (Å²) >= 11 is 0. The van der Waals surface area contributed by atoms with E-state index in [1.807, 2.05) is 24.3 Å². The van der Waals surface area contributed by atoms with Crippen LogP contribution in [0.3, 0.4) is 0 Å². The van der Waals surface area contributed by atoms with E-state index in [9.17, 15) is 0 Å². The van der Waals surface area contributed by atoms with Gasteiger partial charge < -0.3 is 10.5 Å². The normalized spacial score (nSPS) is 14.9. The molecule has 2 N–H and O–H groups in total. The smallest absolute Gasteiger partial charge is 0.118 e. The predicted octanol–water partition coefficient (Wildman–Crippen LogP) is 2.74. The van der Waals surface area contributed by atoms with Gasteiger partial charge in [-0.2, -0.15) is 0 Å². The molecule has 1 rings (SSSR count). The molecule has 0 heterocycles. The Morgan fingerprint density at radius 2 is 1.86 bits per heavy atom. The first kappa shape index (κ1) is 11.1. The lowest BCUT2D eigenvalue weighted by atomic mass is 9.93. The van der Waals surface area contributed by atoms with Crippen LogP contribution in [0, 0.1) is 5.92 Å². The van der Waals surface area contributed by atoms with E-state index >= 15 is 0 Å². The van der Waals surface area contributed by atoms with Crippen LogP contribution in [-0.2, 0) is 0 Å². The molecule has 2 nitrogen and oxygen atoms in total. The van der Waals surface area contributed by atoms with Crippen LogP contribution in [0.5, 0.6) is 5.75 Å². The van der Waals surface area contributed by atoms with Crippen molar-refractivity contribution in [2.75, 3.05) is 7.11 Å². The summed E-state index contributed by atoms with van der Waals surface area (Å²) in [7, 11) is 1.67. The molecule has 0 saturated carbocycles. The molecular weight excluding hydrogens is 174 g/mol. The highest BCUT2D eigenvalue weighted by Gasteiger charge is 2.12. The SMILES string of the molecule is CCC(C)[C@H](N)c1ccc(OC)cc1. The topological polar surface area (TPSA) is 35.2 Å². The van der Waals surface area contributed by atoms with Crippen molar-refractivity contribution in [1.82, 2.24) is 0 Å². The van der Waals surface area contributed by atoms with Crippen LogP contribution in [0.1, 0.15) is 31.9 Å². The van der Waals surface area contributed by atoms with Crippen LogP contribution in [0.2, 0.25) is 0 Å². The molecule has 14 heavy (non-hydrogen) atoms. The molecule has 1 unspecified atom stereocenters. The fourth-order valence-corrected chi connectivity index (χ4v) is 1.41. The fourth-order valence-electron chi connectivity index (χ4n) is 1.41. The Hall–Kier alpha value is -1.02. The third kappa shape index (κ3) is 2.48. The Balaban J connectivity index is 2.75. The summed E-state index contributed by atoms with van der Waals surface area (Å²) in [6.45, 7) is 4.34. The minimum Gasteiger partial charge on any atom is -0.497 e. The molecule has 0 aliphatic carbocycles. The molecule has 1 aromatic rings. The summed E-state index contributed by atoms with van der Waals surface area (Å²) in [5.41, 5.74) is 7.28. The molecule has 2 heteroatoms. The first-order valence-corrected chi connectivity index (χ1v) is 5.08. The van der Waals surface area contributed by atoms with E-state index in [1.165, 1.54) is 5.56 Å². The van der Waals surface area contributed by atoms with Crippen LogP contribution >= 0.6 is 0 Å². The van der Waals surface area contributed by atoms with Crippen LogP contribution < -0.4 is 10.5 Å². The minimum absolute atomic E-state index is 0.130.